The van der Waals surface area contributed by atoms with Gasteiger partial charge in [-0.15, -0.1) is 0 Å². The van der Waals surface area contributed by atoms with E-state index in [9.17, 15) is 24.1 Å². The second kappa shape index (κ2) is 7.32. The fourth-order valence-electron chi connectivity index (χ4n) is 1.85. The summed E-state index contributed by atoms with van der Waals surface area (Å²) in [5.41, 5.74) is -0.813. The van der Waals surface area contributed by atoms with Crippen molar-refractivity contribution in [2.75, 3.05) is 0 Å². The van der Waals surface area contributed by atoms with Crippen LogP contribution >= 0.6 is 0 Å². The number of benzene rings is 1. The molecule has 0 aromatic heterocycles. The molecule has 1 unspecified atom stereocenters. The summed E-state index contributed by atoms with van der Waals surface area (Å²) < 4.78 is 13.7. The van der Waals surface area contributed by atoms with Crippen molar-refractivity contribution in [1.82, 2.24) is 5.32 Å². The van der Waals surface area contributed by atoms with Crippen molar-refractivity contribution in [2.45, 2.75) is 32.2 Å². The lowest BCUT2D eigenvalue weighted by Crippen LogP contribution is -2.36. The van der Waals surface area contributed by atoms with Gasteiger partial charge in [-0.3, -0.25) is 19.7 Å². The number of amides is 1. The number of nitro benzene ring substituents is 1. The Kier molecular flexibility index (Phi) is 5.77. The number of hydrogen-bond donors (Lipinski definition) is 2. The third kappa shape index (κ3) is 4.83. The molecule has 0 saturated heterocycles. The maximum absolute atomic E-state index is 13.7. The summed E-state index contributed by atoms with van der Waals surface area (Å²) in [5.74, 6) is -2.88. The normalized spacial score (nSPS) is 11.7. The lowest BCUT2D eigenvalue weighted by Gasteiger charge is -2.16. The van der Waals surface area contributed by atoms with Gasteiger partial charge in [0.05, 0.1) is 23.0 Å². The average molecular weight is 298 g/mol. The Morgan fingerprint density at radius 2 is 2.14 bits per heavy atom. The molecule has 1 atom stereocenters. The molecule has 7 nitrogen and oxygen atoms in total. The number of carboxylic acids is 1. The van der Waals surface area contributed by atoms with Gasteiger partial charge in [-0.2, -0.15) is 0 Å². The highest BCUT2D eigenvalue weighted by Crippen LogP contribution is 2.17. The molecular weight excluding hydrogens is 283 g/mol. The monoisotopic (exact) mass is 298 g/mol. The molecule has 0 aliphatic carbocycles. The Bertz CT molecular complexity index is 561. The molecule has 0 aliphatic rings. The molecule has 1 aromatic rings. The Labute approximate surface area is 119 Å². The van der Waals surface area contributed by atoms with E-state index in [1.54, 1.807) is 0 Å². The third-order valence-electron chi connectivity index (χ3n) is 2.80. The Morgan fingerprint density at radius 3 is 2.62 bits per heavy atom. The molecule has 0 saturated carbocycles. The topological polar surface area (TPSA) is 110 Å². The summed E-state index contributed by atoms with van der Waals surface area (Å²) >= 11 is 0. The fourth-order valence-corrected chi connectivity index (χ4v) is 1.85. The highest BCUT2D eigenvalue weighted by atomic mass is 19.1. The largest absolute Gasteiger partial charge is 0.481 e. The number of hydrogen-bond acceptors (Lipinski definition) is 4. The van der Waals surface area contributed by atoms with Crippen molar-refractivity contribution in [1.29, 1.82) is 0 Å². The molecule has 0 aliphatic heterocycles. The minimum atomic E-state index is -1.07. The highest BCUT2D eigenvalue weighted by Gasteiger charge is 2.20. The zero-order chi connectivity index (χ0) is 16.0. The number of rotatable bonds is 7. The van der Waals surface area contributed by atoms with Crippen LogP contribution in [0.3, 0.4) is 0 Å². The van der Waals surface area contributed by atoms with Crippen molar-refractivity contribution >= 4 is 17.6 Å². The zero-order valence-corrected chi connectivity index (χ0v) is 11.3. The van der Waals surface area contributed by atoms with E-state index < -0.39 is 34.3 Å². The number of halogens is 1. The van der Waals surface area contributed by atoms with Crippen LogP contribution in [0.4, 0.5) is 10.1 Å². The number of carboxylic acid groups (broad SMARTS) is 1. The number of nitrogens with zero attached hydrogens (tertiary/aromatic N) is 1. The third-order valence-corrected chi connectivity index (χ3v) is 2.80. The van der Waals surface area contributed by atoms with Crippen LogP contribution in [0.2, 0.25) is 0 Å². The van der Waals surface area contributed by atoms with Gasteiger partial charge in [-0.25, -0.2) is 4.39 Å². The van der Waals surface area contributed by atoms with Gasteiger partial charge in [-0.05, 0) is 12.5 Å². The smallest absolute Gasteiger partial charge is 0.305 e. The van der Waals surface area contributed by atoms with Gasteiger partial charge in [0.1, 0.15) is 5.82 Å². The van der Waals surface area contributed by atoms with Crippen LogP contribution in [0.15, 0.2) is 18.2 Å². The average Bonchev–Trinajstić information content (AvgIpc) is 2.37. The van der Waals surface area contributed by atoms with Crippen molar-refractivity contribution in [3.63, 3.8) is 0 Å². The molecule has 0 fully saturated rings. The van der Waals surface area contributed by atoms with Crippen LogP contribution in [-0.4, -0.2) is 27.9 Å². The molecule has 0 bridgehead atoms. The summed E-state index contributed by atoms with van der Waals surface area (Å²) in [6.07, 6.45) is 0.821. The summed E-state index contributed by atoms with van der Waals surface area (Å²) in [4.78, 5) is 32.3. The molecule has 114 valence electrons. The van der Waals surface area contributed by atoms with Gasteiger partial charge in [0.25, 0.3) is 11.6 Å². The van der Waals surface area contributed by atoms with E-state index in [4.69, 9.17) is 5.11 Å². The number of carbonyl (C=O) groups excluding carboxylic acids is 1. The summed E-state index contributed by atoms with van der Waals surface area (Å²) in [7, 11) is 0. The summed E-state index contributed by atoms with van der Waals surface area (Å²) in [6.45, 7) is 1.83. The van der Waals surface area contributed by atoms with Gasteiger partial charge in [0.2, 0.25) is 0 Å². The first-order chi connectivity index (χ1) is 9.85. The predicted octanol–water partition coefficient (Wildman–Crippen LogP) is 2.11. The number of nitro groups is 1. The SMILES string of the molecule is CCCC(CC(=O)O)NC(=O)c1ccc([N+](=O)[O-])cc1F. The van der Waals surface area contributed by atoms with Gasteiger partial charge in [0.15, 0.2) is 0 Å². The zero-order valence-electron chi connectivity index (χ0n) is 11.3. The maximum atomic E-state index is 13.7. The lowest BCUT2D eigenvalue weighted by atomic mass is 10.1. The molecule has 1 rings (SSSR count). The number of carbonyl (C=O) groups is 2. The molecular formula is C13H15FN2O5. The molecule has 21 heavy (non-hydrogen) atoms. The standard InChI is InChI=1S/C13H15FN2O5/c1-2-3-8(6-12(17)18)15-13(19)10-5-4-9(16(20)21)7-11(10)14/h4-5,7-8H,2-3,6H2,1H3,(H,15,19)(H,17,18). The van der Waals surface area contributed by atoms with E-state index in [0.717, 1.165) is 12.1 Å². The summed E-state index contributed by atoms with van der Waals surface area (Å²) in [6, 6.07) is 2.06. The van der Waals surface area contributed by atoms with Crippen LogP contribution in [0.25, 0.3) is 0 Å². The number of non-ortho nitro benzene ring substituents is 1. The van der Waals surface area contributed by atoms with Crippen molar-refractivity contribution in [2.24, 2.45) is 0 Å². The molecule has 1 amide bonds. The van der Waals surface area contributed by atoms with Crippen LogP contribution in [0.1, 0.15) is 36.5 Å². The molecule has 0 heterocycles. The van der Waals surface area contributed by atoms with Crippen molar-refractivity contribution < 1.29 is 24.0 Å². The van der Waals surface area contributed by atoms with Crippen LogP contribution < -0.4 is 5.32 Å². The second-order valence-electron chi connectivity index (χ2n) is 4.48. The van der Waals surface area contributed by atoms with E-state index in [2.05, 4.69) is 5.32 Å². The van der Waals surface area contributed by atoms with Gasteiger partial charge in [-0.1, -0.05) is 13.3 Å². The van der Waals surface area contributed by atoms with Gasteiger partial charge in [0, 0.05) is 12.1 Å². The number of aliphatic carboxylic acids is 1. The van der Waals surface area contributed by atoms with E-state index >= 15 is 0 Å². The first kappa shape index (κ1) is 16.5. The molecule has 2 N–H and O–H groups in total. The van der Waals surface area contributed by atoms with E-state index in [1.165, 1.54) is 0 Å². The highest BCUT2D eigenvalue weighted by molar-refractivity contribution is 5.95. The van der Waals surface area contributed by atoms with Crippen molar-refractivity contribution in [3.8, 4) is 0 Å². The molecule has 1 aromatic carbocycles. The van der Waals surface area contributed by atoms with Crippen LogP contribution in [-0.2, 0) is 4.79 Å². The lowest BCUT2D eigenvalue weighted by molar-refractivity contribution is -0.385. The predicted molar refractivity (Wildman–Crippen MR) is 71.5 cm³/mol. The fraction of sp³-hybridized carbons (Fsp3) is 0.385. The Hall–Kier alpha value is -2.51. The van der Waals surface area contributed by atoms with Crippen LogP contribution in [0.5, 0.6) is 0 Å². The van der Waals surface area contributed by atoms with E-state index in [-0.39, 0.29) is 12.0 Å². The maximum Gasteiger partial charge on any atom is 0.305 e. The minimum absolute atomic E-state index is 0.270. The quantitative estimate of drug-likeness (QED) is 0.591. The Balaban J connectivity index is 2.87. The van der Waals surface area contributed by atoms with E-state index in [0.29, 0.717) is 18.9 Å². The van der Waals surface area contributed by atoms with Gasteiger partial charge < -0.3 is 10.4 Å². The molecule has 0 radical (unpaired) electrons. The first-order valence-corrected chi connectivity index (χ1v) is 6.31. The second-order valence-corrected chi connectivity index (χ2v) is 4.48. The van der Waals surface area contributed by atoms with Crippen LogP contribution in [0, 0.1) is 15.9 Å². The van der Waals surface area contributed by atoms with Crippen molar-refractivity contribution in [3.05, 3.63) is 39.7 Å². The molecule has 0 spiro atoms. The first-order valence-electron chi connectivity index (χ1n) is 6.31. The molecule has 8 heteroatoms. The van der Waals surface area contributed by atoms with E-state index in [1.807, 2.05) is 6.92 Å². The van der Waals surface area contributed by atoms with Gasteiger partial charge >= 0.3 is 5.97 Å². The minimum Gasteiger partial charge on any atom is -0.481 e. The number of nitrogens with one attached hydrogen (secondary N) is 1. The summed E-state index contributed by atoms with van der Waals surface area (Å²) in [5, 5.41) is 21.7. The Morgan fingerprint density at radius 1 is 1.48 bits per heavy atom.